The predicted molar refractivity (Wildman–Crippen MR) is 101 cm³/mol. The molecule has 1 aliphatic rings. The van der Waals surface area contributed by atoms with Crippen LogP contribution in [0.2, 0.25) is 0 Å². The van der Waals surface area contributed by atoms with Crippen molar-refractivity contribution in [2.24, 2.45) is 4.99 Å². The van der Waals surface area contributed by atoms with Gasteiger partial charge in [0.2, 0.25) is 5.89 Å². The number of aromatic nitrogens is 1. The van der Waals surface area contributed by atoms with Crippen LogP contribution < -0.4 is 10.6 Å². The first-order valence-electron chi connectivity index (χ1n) is 9.47. The van der Waals surface area contributed by atoms with Crippen molar-refractivity contribution in [1.29, 1.82) is 0 Å². The number of carbonyl (C=O) groups excluding carboxylic acids is 1. The Morgan fingerprint density at radius 2 is 2.08 bits per heavy atom. The molecular weight excluding hydrogens is 332 g/mol. The zero-order valence-corrected chi connectivity index (χ0v) is 16.4. The molecule has 0 amide bonds. The smallest absolute Gasteiger partial charge is 0.306 e. The first-order chi connectivity index (χ1) is 12.4. The van der Waals surface area contributed by atoms with E-state index in [0.717, 1.165) is 18.6 Å². The Morgan fingerprint density at radius 1 is 1.35 bits per heavy atom. The number of aliphatic imine (C=N–C) groups is 1. The minimum Gasteiger partial charge on any atom is -0.462 e. The summed E-state index contributed by atoms with van der Waals surface area (Å²) in [5, 5.41) is 6.35. The van der Waals surface area contributed by atoms with Gasteiger partial charge in [-0.15, -0.1) is 0 Å². The highest BCUT2D eigenvalue weighted by Gasteiger charge is 2.20. The maximum Gasteiger partial charge on any atom is 0.306 e. The molecule has 0 unspecified atom stereocenters. The molecule has 0 radical (unpaired) electrons. The van der Waals surface area contributed by atoms with E-state index in [4.69, 9.17) is 9.15 Å². The average Bonchev–Trinajstić information content (AvgIpc) is 3.25. The Labute approximate surface area is 156 Å². The second-order valence-electron chi connectivity index (χ2n) is 7.72. The fourth-order valence-electron chi connectivity index (χ4n) is 2.81. The largest absolute Gasteiger partial charge is 0.462 e. The van der Waals surface area contributed by atoms with Crippen LogP contribution in [-0.2, 0) is 21.5 Å². The molecule has 1 aromatic rings. The lowest BCUT2D eigenvalue weighted by Crippen LogP contribution is -2.37. The van der Waals surface area contributed by atoms with Crippen LogP contribution in [0.4, 0.5) is 0 Å². The van der Waals surface area contributed by atoms with Gasteiger partial charge < -0.3 is 19.8 Å². The Hall–Kier alpha value is -2.05. The number of rotatable bonds is 7. The van der Waals surface area contributed by atoms with Crippen LogP contribution >= 0.6 is 0 Å². The third kappa shape index (κ3) is 6.69. The van der Waals surface area contributed by atoms with Gasteiger partial charge in [0, 0.05) is 25.4 Å². The third-order valence-corrected chi connectivity index (χ3v) is 4.37. The minimum atomic E-state index is -0.101. The highest BCUT2D eigenvalue weighted by atomic mass is 16.5. The van der Waals surface area contributed by atoms with E-state index in [0.29, 0.717) is 37.8 Å². The van der Waals surface area contributed by atoms with Gasteiger partial charge in [-0.25, -0.2) is 4.98 Å². The van der Waals surface area contributed by atoms with E-state index in [1.54, 1.807) is 13.2 Å². The zero-order valence-electron chi connectivity index (χ0n) is 16.4. The number of hydrogen-bond donors (Lipinski definition) is 2. The normalized spacial score (nSPS) is 15.9. The molecule has 26 heavy (non-hydrogen) atoms. The van der Waals surface area contributed by atoms with Gasteiger partial charge in [0.1, 0.15) is 11.9 Å². The van der Waals surface area contributed by atoms with Gasteiger partial charge in [0.05, 0.1) is 12.7 Å². The summed E-state index contributed by atoms with van der Waals surface area (Å²) in [6.07, 6.45) is 7.41. The van der Waals surface area contributed by atoms with Gasteiger partial charge in [0.15, 0.2) is 5.96 Å². The second kappa shape index (κ2) is 9.59. The summed E-state index contributed by atoms with van der Waals surface area (Å²) in [7, 11) is 1.71. The molecule has 0 atom stereocenters. The van der Waals surface area contributed by atoms with Crippen LogP contribution in [0.3, 0.4) is 0 Å². The number of hydrogen-bond acceptors (Lipinski definition) is 5. The van der Waals surface area contributed by atoms with Crippen LogP contribution in [0.5, 0.6) is 0 Å². The summed E-state index contributed by atoms with van der Waals surface area (Å²) in [4.78, 5) is 20.2. The number of nitrogens with zero attached hydrogens (tertiary/aromatic N) is 2. The SMILES string of the molecule is CN=C(NCCCC(=O)OC1CCCC1)NCc1ncc(C(C)(C)C)o1. The molecule has 146 valence electrons. The first kappa shape index (κ1) is 20.3. The molecule has 7 heteroatoms. The Balaban J connectivity index is 1.63. The molecule has 1 aliphatic carbocycles. The number of guanidine groups is 1. The van der Waals surface area contributed by atoms with E-state index >= 15 is 0 Å². The predicted octanol–water partition coefficient (Wildman–Crippen LogP) is 2.90. The minimum absolute atomic E-state index is 0.0573. The summed E-state index contributed by atoms with van der Waals surface area (Å²) in [5.74, 6) is 2.04. The van der Waals surface area contributed by atoms with Crippen LogP contribution in [0.25, 0.3) is 0 Å². The molecule has 7 nitrogen and oxygen atoms in total. The number of ether oxygens (including phenoxy) is 1. The maximum atomic E-state index is 11.8. The summed E-state index contributed by atoms with van der Waals surface area (Å²) >= 11 is 0. The second-order valence-corrected chi connectivity index (χ2v) is 7.72. The number of oxazole rings is 1. The van der Waals surface area contributed by atoms with E-state index in [-0.39, 0.29) is 17.5 Å². The molecule has 0 aromatic carbocycles. The highest BCUT2D eigenvalue weighted by Crippen LogP contribution is 2.22. The summed E-state index contributed by atoms with van der Waals surface area (Å²) in [6, 6.07) is 0. The Morgan fingerprint density at radius 3 is 2.69 bits per heavy atom. The van der Waals surface area contributed by atoms with Crippen molar-refractivity contribution >= 4 is 11.9 Å². The quantitative estimate of drug-likeness (QED) is 0.335. The third-order valence-electron chi connectivity index (χ3n) is 4.37. The summed E-state index contributed by atoms with van der Waals surface area (Å²) in [6.45, 7) is 7.37. The van der Waals surface area contributed by atoms with Gasteiger partial charge in [0.25, 0.3) is 0 Å². The molecular formula is C19H32N4O3. The fraction of sp³-hybridized carbons (Fsp3) is 0.737. The van der Waals surface area contributed by atoms with Crippen molar-refractivity contribution in [1.82, 2.24) is 15.6 Å². The molecule has 0 aliphatic heterocycles. The topological polar surface area (TPSA) is 88.8 Å². The van der Waals surface area contributed by atoms with Gasteiger partial charge in [-0.05, 0) is 32.1 Å². The molecule has 0 bridgehead atoms. The molecule has 2 rings (SSSR count). The molecule has 1 fully saturated rings. The highest BCUT2D eigenvalue weighted by molar-refractivity contribution is 5.79. The van der Waals surface area contributed by atoms with Crippen molar-refractivity contribution in [2.45, 2.75) is 77.4 Å². The summed E-state index contributed by atoms with van der Waals surface area (Å²) in [5.41, 5.74) is -0.0573. The van der Waals surface area contributed by atoms with E-state index in [9.17, 15) is 4.79 Å². The molecule has 1 heterocycles. The lowest BCUT2D eigenvalue weighted by molar-refractivity contribution is -0.148. The molecule has 0 spiro atoms. The van der Waals surface area contributed by atoms with Crippen LogP contribution in [-0.4, -0.2) is 36.6 Å². The van der Waals surface area contributed by atoms with Crippen molar-refractivity contribution in [3.8, 4) is 0 Å². The number of nitrogens with one attached hydrogen (secondary N) is 2. The van der Waals surface area contributed by atoms with Crippen LogP contribution in [0.1, 0.15) is 70.9 Å². The average molecular weight is 364 g/mol. The lowest BCUT2D eigenvalue weighted by Gasteiger charge is -2.13. The molecule has 2 N–H and O–H groups in total. The standard InChI is InChI=1S/C19H32N4O3/c1-19(2,3)15-12-22-16(26-15)13-23-18(20-4)21-11-7-10-17(24)25-14-8-5-6-9-14/h12,14H,5-11,13H2,1-4H3,(H2,20,21,23). The zero-order chi connectivity index (χ0) is 19.0. The maximum absolute atomic E-state index is 11.8. The van der Waals surface area contributed by atoms with Crippen molar-refractivity contribution in [3.05, 3.63) is 17.8 Å². The Bertz CT molecular complexity index is 598. The fourth-order valence-corrected chi connectivity index (χ4v) is 2.81. The van der Waals surface area contributed by atoms with E-state index in [1.165, 1.54) is 12.8 Å². The first-order valence-corrected chi connectivity index (χ1v) is 9.47. The van der Waals surface area contributed by atoms with Crippen LogP contribution in [0.15, 0.2) is 15.6 Å². The lowest BCUT2D eigenvalue weighted by atomic mass is 9.94. The van der Waals surface area contributed by atoms with E-state index in [1.807, 2.05) is 0 Å². The summed E-state index contributed by atoms with van der Waals surface area (Å²) < 4.78 is 11.2. The van der Waals surface area contributed by atoms with E-state index < -0.39 is 0 Å². The monoisotopic (exact) mass is 364 g/mol. The van der Waals surface area contributed by atoms with E-state index in [2.05, 4.69) is 41.4 Å². The van der Waals surface area contributed by atoms with Crippen molar-refractivity contribution in [2.75, 3.05) is 13.6 Å². The van der Waals surface area contributed by atoms with Crippen molar-refractivity contribution in [3.63, 3.8) is 0 Å². The van der Waals surface area contributed by atoms with Gasteiger partial charge in [-0.2, -0.15) is 0 Å². The molecule has 1 aromatic heterocycles. The Kier molecular flexibility index (Phi) is 7.48. The molecule has 0 saturated heterocycles. The van der Waals surface area contributed by atoms with Gasteiger partial charge >= 0.3 is 5.97 Å². The molecule has 1 saturated carbocycles. The van der Waals surface area contributed by atoms with Crippen molar-refractivity contribution < 1.29 is 13.9 Å². The van der Waals surface area contributed by atoms with Crippen LogP contribution in [0, 0.1) is 0 Å². The number of esters is 1. The van der Waals surface area contributed by atoms with Gasteiger partial charge in [-0.1, -0.05) is 20.8 Å². The van der Waals surface area contributed by atoms with Gasteiger partial charge in [-0.3, -0.25) is 9.79 Å². The number of carbonyl (C=O) groups is 1.